The lowest BCUT2D eigenvalue weighted by Crippen LogP contribution is -2.20. The van der Waals surface area contributed by atoms with E-state index < -0.39 is 5.97 Å². The Kier molecular flexibility index (Phi) is 4.29. The number of nitrogens with zero attached hydrogens (tertiary/aromatic N) is 2. The number of benzene rings is 1. The fourth-order valence-electron chi connectivity index (χ4n) is 2.45. The lowest BCUT2D eigenvalue weighted by atomic mass is 10.1. The second-order valence-corrected chi connectivity index (χ2v) is 5.14. The molecule has 22 heavy (non-hydrogen) atoms. The van der Waals surface area contributed by atoms with E-state index in [9.17, 15) is 9.90 Å². The summed E-state index contributed by atoms with van der Waals surface area (Å²) in [7, 11) is 0. The third-order valence-electron chi connectivity index (χ3n) is 3.58. The molecular weight excluding hydrogens is 282 g/mol. The van der Waals surface area contributed by atoms with Crippen LogP contribution >= 0.6 is 0 Å². The first kappa shape index (κ1) is 14.5. The van der Waals surface area contributed by atoms with Gasteiger partial charge in [-0.15, -0.1) is 0 Å². The van der Waals surface area contributed by atoms with Crippen molar-refractivity contribution in [2.45, 2.75) is 18.9 Å². The van der Waals surface area contributed by atoms with Crippen molar-refractivity contribution in [1.29, 1.82) is 0 Å². The fourth-order valence-corrected chi connectivity index (χ4v) is 2.45. The van der Waals surface area contributed by atoms with Crippen LogP contribution in [0.5, 0.6) is 0 Å². The third-order valence-corrected chi connectivity index (χ3v) is 3.58. The van der Waals surface area contributed by atoms with Gasteiger partial charge in [-0.3, -0.25) is 0 Å². The SMILES string of the molecule is O=C(O)c1cnc(NC[C@@H]2CCCO2)nc1-c1ccccc1. The molecule has 0 saturated carbocycles. The highest BCUT2D eigenvalue weighted by molar-refractivity contribution is 5.94. The van der Waals surface area contributed by atoms with Crippen LogP contribution in [0, 0.1) is 0 Å². The summed E-state index contributed by atoms with van der Waals surface area (Å²) in [5.41, 5.74) is 1.26. The van der Waals surface area contributed by atoms with E-state index in [1.165, 1.54) is 6.20 Å². The van der Waals surface area contributed by atoms with E-state index in [2.05, 4.69) is 15.3 Å². The Hall–Kier alpha value is -2.47. The van der Waals surface area contributed by atoms with Gasteiger partial charge in [-0.25, -0.2) is 14.8 Å². The molecule has 1 aromatic heterocycles. The summed E-state index contributed by atoms with van der Waals surface area (Å²) < 4.78 is 5.54. The monoisotopic (exact) mass is 299 g/mol. The molecule has 0 unspecified atom stereocenters. The predicted molar refractivity (Wildman–Crippen MR) is 81.9 cm³/mol. The van der Waals surface area contributed by atoms with Crippen LogP contribution in [0.4, 0.5) is 5.95 Å². The topological polar surface area (TPSA) is 84.3 Å². The maximum absolute atomic E-state index is 11.4. The molecule has 1 atom stereocenters. The standard InChI is InChI=1S/C16H17N3O3/c20-15(21)13-10-18-16(17-9-12-7-4-8-22-12)19-14(13)11-5-2-1-3-6-11/h1-3,5-6,10,12H,4,7-9H2,(H,20,21)(H,17,18,19)/t12-/m0/s1. The molecule has 2 aromatic rings. The Morgan fingerprint density at radius 3 is 2.86 bits per heavy atom. The number of hydrogen-bond donors (Lipinski definition) is 2. The predicted octanol–water partition coefficient (Wildman–Crippen LogP) is 2.43. The van der Waals surface area contributed by atoms with Crippen molar-refractivity contribution in [3.8, 4) is 11.3 Å². The summed E-state index contributed by atoms with van der Waals surface area (Å²) in [6.07, 6.45) is 3.60. The molecule has 3 rings (SSSR count). The van der Waals surface area contributed by atoms with Gasteiger partial charge in [0.05, 0.1) is 11.8 Å². The van der Waals surface area contributed by atoms with Crippen molar-refractivity contribution < 1.29 is 14.6 Å². The van der Waals surface area contributed by atoms with Gasteiger partial charge >= 0.3 is 5.97 Å². The van der Waals surface area contributed by atoms with Crippen LogP contribution in [0.2, 0.25) is 0 Å². The molecule has 1 saturated heterocycles. The Bertz CT molecular complexity index is 655. The molecule has 114 valence electrons. The van der Waals surface area contributed by atoms with Crippen LogP contribution in [0.25, 0.3) is 11.3 Å². The molecule has 0 radical (unpaired) electrons. The Morgan fingerprint density at radius 1 is 1.36 bits per heavy atom. The van der Waals surface area contributed by atoms with Gasteiger partial charge in [0, 0.05) is 24.9 Å². The van der Waals surface area contributed by atoms with Gasteiger partial charge in [-0.1, -0.05) is 30.3 Å². The first-order valence-electron chi connectivity index (χ1n) is 7.25. The number of hydrogen-bond acceptors (Lipinski definition) is 5. The number of aromatic nitrogens is 2. The number of nitrogens with one attached hydrogen (secondary N) is 1. The number of anilines is 1. The number of carboxylic acids is 1. The Balaban J connectivity index is 1.85. The summed E-state index contributed by atoms with van der Waals surface area (Å²) in [4.78, 5) is 19.8. The number of ether oxygens (including phenoxy) is 1. The molecule has 0 bridgehead atoms. The van der Waals surface area contributed by atoms with Crippen molar-refractivity contribution >= 4 is 11.9 Å². The fraction of sp³-hybridized carbons (Fsp3) is 0.312. The molecule has 0 aliphatic carbocycles. The summed E-state index contributed by atoms with van der Waals surface area (Å²) in [6.45, 7) is 1.42. The maximum Gasteiger partial charge on any atom is 0.339 e. The quantitative estimate of drug-likeness (QED) is 0.882. The average Bonchev–Trinajstić information content (AvgIpc) is 3.07. The molecule has 1 fully saturated rings. The zero-order valence-electron chi connectivity index (χ0n) is 12.0. The molecule has 1 aromatic carbocycles. The smallest absolute Gasteiger partial charge is 0.339 e. The van der Waals surface area contributed by atoms with E-state index in [1.807, 2.05) is 30.3 Å². The van der Waals surface area contributed by atoms with Gasteiger partial charge in [0.2, 0.25) is 5.95 Å². The highest BCUT2D eigenvalue weighted by Gasteiger charge is 2.18. The lowest BCUT2D eigenvalue weighted by molar-refractivity contribution is 0.0697. The maximum atomic E-state index is 11.4. The number of rotatable bonds is 5. The largest absolute Gasteiger partial charge is 0.478 e. The van der Waals surface area contributed by atoms with Gasteiger partial charge in [0.1, 0.15) is 5.56 Å². The van der Waals surface area contributed by atoms with Gasteiger partial charge in [0.25, 0.3) is 0 Å². The van der Waals surface area contributed by atoms with Crippen molar-refractivity contribution in [2.24, 2.45) is 0 Å². The second-order valence-electron chi connectivity index (χ2n) is 5.14. The van der Waals surface area contributed by atoms with Crippen molar-refractivity contribution in [1.82, 2.24) is 9.97 Å². The molecular formula is C16H17N3O3. The number of aromatic carboxylic acids is 1. The van der Waals surface area contributed by atoms with E-state index in [0.717, 1.165) is 25.0 Å². The van der Waals surface area contributed by atoms with Gasteiger partial charge in [-0.2, -0.15) is 0 Å². The molecule has 0 spiro atoms. The highest BCUT2D eigenvalue weighted by atomic mass is 16.5. The summed E-state index contributed by atoms with van der Waals surface area (Å²) in [5, 5.41) is 12.4. The van der Waals surface area contributed by atoms with E-state index in [4.69, 9.17) is 4.74 Å². The lowest BCUT2D eigenvalue weighted by Gasteiger charge is -2.12. The third kappa shape index (κ3) is 3.23. The molecule has 6 nitrogen and oxygen atoms in total. The zero-order chi connectivity index (χ0) is 15.4. The summed E-state index contributed by atoms with van der Waals surface area (Å²) in [5.74, 6) is -0.621. The van der Waals surface area contributed by atoms with Crippen molar-refractivity contribution in [2.75, 3.05) is 18.5 Å². The second kappa shape index (κ2) is 6.53. The van der Waals surface area contributed by atoms with Gasteiger partial charge in [0.15, 0.2) is 0 Å². The first-order chi connectivity index (χ1) is 10.7. The number of carbonyl (C=O) groups is 1. The summed E-state index contributed by atoms with van der Waals surface area (Å²) in [6, 6.07) is 9.24. The molecule has 6 heteroatoms. The molecule has 2 N–H and O–H groups in total. The van der Waals surface area contributed by atoms with E-state index >= 15 is 0 Å². The van der Waals surface area contributed by atoms with Crippen molar-refractivity contribution in [3.05, 3.63) is 42.1 Å². The Labute approximate surface area is 128 Å². The minimum absolute atomic E-state index is 0.0915. The van der Waals surface area contributed by atoms with Crippen LogP contribution in [0.15, 0.2) is 36.5 Å². The minimum Gasteiger partial charge on any atom is -0.478 e. The van der Waals surface area contributed by atoms with Crippen molar-refractivity contribution in [3.63, 3.8) is 0 Å². The molecule has 1 aliphatic heterocycles. The van der Waals surface area contributed by atoms with E-state index in [-0.39, 0.29) is 11.7 Å². The van der Waals surface area contributed by atoms with Crippen LogP contribution in [0.1, 0.15) is 23.2 Å². The molecule has 0 amide bonds. The average molecular weight is 299 g/mol. The molecule has 2 heterocycles. The first-order valence-corrected chi connectivity index (χ1v) is 7.25. The molecule has 1 aliphatic rings. The normalized spacial score (nSPS) is 17.4. The highest BCUT2D eigenvalue weighted by Crippen LogP contribution is 2.22. The zero-order valence-corrected chi connectivity index (χ0v) is 12.0. The van der Waals surface area contributed by atoms with Crippen LogP contribution in [-0.2, 0) is 4.74 Å². The van der Waals surface area contributed by atoms with Crippen LogP contribution in [-0.4, -0.2) is 40.3 Å². The van der Waals surface area contributed by atoms with Crippen LogP contribution < -0.4 is 5.32 Å². The summed E-state index contributed by atoms with van der Waals surface area (Å²) >= 11 is 0. The van der Waals surface area contributed by atoms with Gasteiger partial charge < -0.3 is 15.2 Å². The Morgan fingerprint density at radius 2 is 2.18 bits per heavy atom. The minimum atomic E-state index is -1.04. The van der Waals surface area contributed by atoms with Crippen LogP contribution in [0.3, 0.4) is 0 Å². The van der Waals surface area contributed by atoms with E-state index in [1.54, 1.807) is 0 Å². The van der Waals surface area contributed by atoms with Gasteiger partial charge in [-0.05, 0) is 12.8 Å². The van der Waals surface area contributed by atoms with E-state index in [0.29, 0.717) is 18.2 Å². The number of carboxylic acid groups (broad SMARTS) is 1.